The quantitative estimate of drug-likeness (QED) is 0.545. The van der Waals surface area contributed by atoms with E-state index in [4.69, 9.17) is 0 Å². The number of aryl methyl sites for hydroxylation is 2. The van der Waals surface area contributed by atoms with Crippen LogP contribution in [-0.2, 0) is 20.2 Å². The topological polar surface area (TPSA) is 75.8 Å². The minimum atomic E-state index is -0.0551. The van der Waals surface area contributed by atoms with Crippen molar-refractivity contribution in [2.24, 2.45) is 7.05 Å². The molecule has 6 heteroatoms. The minimum absolute atomic E-state index is 0.0498. The summed E-state index contributed by atoms with van der Waals surface area (Å²) in [5, 5.41) is 10.5. The molecule has 0 spiro atoms. The summed E-state index contributed by atoms with van der Waals surface area (Å²) >= 11 is 0. The zero-order chi connectivity index (χ0) is 18.3. The van der Waals surface area contributed by atoms with Crippen LogP contribution in [0.2, 0.25) is 0 Å². The summed E-state index contributed by atoms with van der Waals surface area (Å²) < 4.78 is 3.64. The van der Waals surface area contributed by atoms with Gasteiger partial charge < -0.3 is 19.2 Å². The van der Waals surface area contributed by atoms with E-state index in [1.165, 1.54) is 0 Å². The zero-order valence-corrected chi connectivity index (χ0v) is 14.6. The van der Waals surface area contributed by atoms with Crippen LogP contribution in [0.4, 0.5) is 0 Å². The second kappa shape index (κ2) is 6.31. The van der Waals surface area contributed by atoms with E-state index in [1.807, 2.05) is 36.0 Å². The Morgan fingerprint density at radius 2 is 2.19 bits per heavy atom. The van der Waals surface area contributed by atoms with Crippen LogP contribution in [0.3, 0.4) is 0 Å². The lowest BCUT2D eigenvalue weighted by molar-refractivity contribution is 0.282. The Bertz CT molecular complexity index is 1180. The number of pyridine rings is 1. The third-order valence-electron chi connectivity index (χ3n) is 4.73. The normalized spacial score (nSPS) is 11.5. The smallest absolute Gasteiger partial charge is 0.274 e. The summed E-state index contributed by atoms with van der Waals surface area (Å²) in [6.45, 7) is 4.25. The summed E-state index contributed by atoms with van der Waals surface area (Å²) in [4.78, 5) is 20.3. The number of nitrogens with zero attached hydrogens (tertiary/aromatic N) is 3. The lowest BCUT2D eigenvalue weighted by Gasteiger charge is -2.12. The molecule has 0 atom stereocenters. The number of imidazole rings is 1. The zero-order valence-electron chi connectivity index (χ0n) is 14.6. The molecule has 0 aliphatic heterocycles. The maximum Gasteiger partial charge on any atom is 0.274 e. The van der Waals surface area contributed by atoms with Gasteiger partial charge >= 0.3 is 0 Å². The molecule has 3 heterocycles. The summed E-state index contributed by atoms with van der Waals surface area (Å²) in [5.74, 6) is 0. The third kappa shape index (κ3) is 2.46. The number of aliphatic hydroxyl groups excluding tert-OH is 1. The molecule has 0 amide bonds. The summed E-state index contributed by atoms with van der Waals surface area (Å²) in [6.07, 6.45) is 7.93. The van der Waals surface area contributed by atoms with E-state index in [-0.39, 0.29) is 12.2 Å². The van der Waals surface area contributed by atoms with Crippen molar-refractivity contribution in [2.45, 2.75) is 19.6 Å². The minimum Gasteiger partial charge on any atom is -0.392 e. The first-order valence-electron chi connectivity index (χ1n) is 8.50. The summed E-state index contributed by atoms with van der Waals surface area (Å²) in [5.41, 5.74) is 4.95. The Kier molecular flexibility index (Phi) is 3.97. The van der Waals surface area contributed by atoms with Crippen molar-refractivity contribution in [3.8, 4) is 11.1 Å². The van der Waals surface area contributed by atoms with Crippen molar-refractivity contribution < 1.29 is 5.11 Å². The highest BCUT2D eigenvalue weighted by Gasteiger charge is 2.16. The number of rotatable bonds is 5. The fourth-order valence-corrected chi connectivity index (χ4v) is 3.39. The molecule has 1 aromatic carbocycles. The lowest BCUT2D eigenvalue weighted by atomic mass is 9.99. The van der Waals surface area contributed by atoms with Crippen LogP contribution in [0.5, 0.6) is 0 Å². The van der Waals surface area contributed by atoms with Gasteiger partial charge in [0.1, 0.15) is 5.52 Å². The van der Waals surface area contributed by atoms with Gasteiger partial charge in [-0.25, -0.2) is 4.98 Å². The fourth-order valence-electron chi connectivity index (χ4n) is 3.39. The van der Waals surface area contributed by atoms with E-state index in [0.717, 1.165) is 33.1 Å². The van der Waals surface area contributed by atoms with E-state index < -0.39 is 0 Å². The fraction of sp³-hybridized carbons (Fsp3) is 0.200. The van der Waals surface area contributed by atoms with E-state index in [2.05, 4.69) is 16.5 Å². The van der Waals surface area contributed by atoms with Crippen molar-refractivity contribution >= 4 is 21.9 Å². The van der Waals surface area contributed by atoms with Gasteiger partial charge in [0.2, 0.25) is 0 Å². The number of aromatic nitrogens is 4. The summed E-state index contributed by atoms with van der Waals surface area (Å²) in [7, 11) is 1.93. The molecule has 2 N–H and O–H groups in total. The Labute approximate surface area is 150 Å². The first kappa shape index (κ1) is 16.4. The van der Waals surface area contributed by atoms with Crippen molar-refractivity contribution in [3.05, 3.63) is 65.5 Å². The molecule has 0 aliphatic carbocycles. The Balaban J connectivity index is 2.07. The van der Waals surface area contributed by atoms with Crippen molar-refractivity contribution in [1.82, 2.24) is 19.1 Å². The molecule has 4 rings (SSSR count). The van der Waals surface area contributed by atoms with E-state index in [9.17, 15) is 9.90 Å². The average molecular weight is 348 g/mol. The lowest BCUT2D eigenvalue weighted by Crippen LogP contribution is -2.20. The Morgan fingerprint density at radius 1 is 1.35 bits per heavy atom. The predicted octanol–water partition coefficient (Wildman–Crippen LogP) is 2.95. The number of hydrogen-bond donors (Lipinski definition) is 2. The molecule has 6 nitrogen and oxygen atoms in total. The number of fused-ring (bicyclic) bond motifs is 2. The summed E-state index contributed by atoms with van der Waals surface area (Å²) in [6, 6.07) is 5.79. The molecule has 132 valence electrons. The van der Waals surface area contributed by atoms with Crippen molar-refractivity contribution in [2.75, 3.05) is 0 Å². The van der Waals surface area contributed by atoms with Crippen LogP contribution >= 0.6 is 0 Å². The van der Waals surface area contributed by atoms with Crippen molar-refractivity contribution in [3.63, 3.8) is 0 Å². The van der Waals surface area contributed by atoms with Gasteiger partial charge in [0.25, 0.3) is 5.56 Å². The van der Waals surface area contributed by atoms with E-state index >= 15 is 0 Å². The SMILES string of the molecule is C=CCCn1cc(-c2cc(CO)cc3c2ncn3C)c2cc[nH]c2c1=O. The molecule has 0 radical (unpaired) electrons. The highest BCUT2D eigenvalue weighted by molar-refractivity contribution is 6.02. The van der Waals surface area contributed by atoms with Gasteiger partial charge in [-0.05, 0) is 30.2 Å². The predicted molar refractivity (Wildman–Crippen MR) is 103 cm³/mol. The van der Waals surface area contributed by atoms with Gasteiger partial charge in [-0.3, -0.25) is 4.79 Å². The maximum absolute atomic E-state index is 12.7. The Morgan fingerprint density at radius 3 is 2.96 bits per heavy atom. The number of H-pyrrole nitrogens is 1. The number of hydrogen-bond acceptors (Lipinski definition) is 3. The van der Waals surface area contributed by atoms with E-state index in [1.54, 1.807) is 23.2 Å². The van der Waals surface area contributed by atoms with Crippen LogP contribution < -0.4 is 5.56 Å². The molecule has 26 heavy (non-hydrogen) atoms. The Hall–Kier alpha value is -3.12. The van der Waals surface area contributed by atoms with Gasteiger partial charge in [-0.1, -0.05) is 6.08 Å². The largest absolute Gasteiger partial charge is 0.392 e. The first-order chi connectivity index (χ1) is 12.6. The maximum atomic E-state index is 12.7. The van der Waals surface area contributed by atoms with Crippen LogP contribution in [0.1, 0.15) is 12.0 Å². The molecule has 3 aromatic heterocycles. The number of benzene rings is 1. The molecular formula is C20H20N4O2. The van der Waals surface area contributed by atoms with Crippen LogP contribution in [-0.4, -0.2) is 24.2 Å². The van der Waals surface area contributed by atoms with Crippen LogP contribution in [0, 0.1) is 0 Å². The molecule has 4 aromatic rings. The standard InChI is InChI=1S/C20H20N4O2/c1-3-4-7-24-10-16(14-5-6-21-19(14)20(24)26)15-8-13(11-25)9-17-18(15)22-12-23(17)2/h3,5-6,8-10,12,21,25H,1,4,7,11H2,2H3. The molecule has 0 unspecified atom stereocenters. The number of aromatic amines is 1. The monoisotopic (exact) mass is 348 g/mol. The van der Waals surface area contributed by atoms with Gasteiger partial charge in [0.05, 0.1) is 24.0 Å². The van der Waals surface area contributed by atoms with E-state index in [0.29, 0.717) is 18.5 Å². The number of aliphatic hydroxyl groups is 1. The molecule has 0 bridgehead atoms. The van der Waals surface area contributed by atoms with Crippen LogP contribution in [0.15, 0.2) is 54.4 Å². The second-order valence-electron chi connectivity index (χ2n) is 6.41. The molecule has 0 aliphatic rings. The number of allylic oxidation sites excluding steroid dienone is 1. The average Bonchev–Trinajstić information content (AvgIpc) is 3.28. The number of nitrogens with one attached hydrogen (secondary N) is 1. The van der Waals surface area contributed by atoms with Gasteiger partial charge in [0.15, 0.2) is 0 Å². The highest BCUT2D eigenvalue weighted by atomic mass is 16.3. The van der Waals surface area contributed by atoms with Gasteiger partial charge in [-0.2, -0.15) is 0 Å². The first-order valence-corrected chi connectivity index (χ1v) is 8.50. The van der Waals surface area contributed by atoms with Crippen molar-refractivity contribution in [1.29, 1.82) is 0 Å². The molecule has 0 saturated carbocycles. The molecular weight excluding hydrogens is 328 g/mol. The van der Waals surface area contributed by atoms with Crippen LogP contribution in [0.25, 0.3) is 33.1 Å². The molecule has 0 saturated heterocycles. The van der Waals surface area contributed by atoms with Gasteiger partial charge in [-0.15, -0.1) is 6.58 Å². The molecule has 0 fully saturated rings. The third-order valence-corrected chi connectivity index (χ3v) is 4.73. The second-order valence-corrected chi connectivity index (χ2v) is 6.41. The highest BCUT2D eigenvalue weighted by Crippen LogP contribution is 2.33. The van der Waals surface area contributed by atoms with Gasteiger partial charge in [0, 0.05) is 42.5 Å².